The van der Waals surface area contributed by atoms with E-state index < -0.39 is 0 Å². The Labute approximate surface area is 120 Å². The standard InChI is InChI=1S/C15H25N3O2/c1-9(8-18-6-2-3-12(18)19)17-15(20)13-10-4-5-11(7-10)14(13)16/h9-11,13-14H,2-8,16H2,1H3,(H,17,20). The van der Waals surface area contributed by atoms with Gasteiger partial charge in [0.05, 0.1) is 5.92 Å². The number of amides is 2. The molecule has 1 heterocycles. The van der Waals surface area contributed by atoms with E-state index in [1.54, 1.807) is 0 Å². The van der Waals surface area contributed by atoms with Crippen molar-refractivity contribution in [2.45, 2.75) is 51.1 Å². The van der Waals surface area contributed by atoms with Crippen LogP contribution in [0.15, 0.2) is 0 Å². The zero-order valence-corrected chi connectivity index (χ0v) is 12.2. The number of rotatable bonds is 4. The number of hydrogen-bond acceptors (Lipinski definition) is 3. The summed E-state index contributed by atoms with van der Waals surface area (Å²) in [5.74, 6) is 1.33. The fourth-order valence-corrected chi connectivity index (χ4v) is 4.34. The van der Waals surface area contributed by atoms with E-state index in [1.165, 1.54) is 6.42 Å². The van der Waals surface area contributed by atoms with E-state index in [4.69, 9.17) is 5.73 Å². The average Bonchev–Trinajstić information content (AvgIpc) is 3.06. The number of fused-ring (bicyclic) bond motifs is 2. The number of nitrogens with zero attached hydrogens (tertiary/aromatic N) is 1. The Morgan fingerprint density at radius 3 is 2.80 bits per heavy atom. The molecule has 3 N–H and O–H groups in total. The molecule has 3 aliphatic rings. The number of likely N-dealkylation sites (tertiary alicyclic amines) is 1. The van der Waals surface area contributed by atoms with Gasteiger partial charge in [-0.15, -0.1) is 0 Å². The topological polar surface area (TPSA) is 75.4 Å². The first-order valence-electron chi connectivity index (χ1n) is 7.90. The fraction of sp³-hybridized carbons (Fsp3) is 0.867. The normalized spacial score (nSPS) is 37.5. The summed E-state index contributed by atoms with van der Waals surface area (Å²) in [5, 5.41) is 3.07. The molecule has 0 aromatic heterocycles. The lowest BCUT2D eigenvalue weighted by atomic mass is 9.84. The van der Waals surface area contributed by atoms with Crippen LogP contribution in [0, 0.1) is 17.8 Å². The summed E-state index contributed by atoms with van der Waals surface area (Å²) in [6.45, 7) is 3.43. The molecule has 5 heteroatoms. The first-order chi connectivity index (χ1) is 9.56. The Morgan fingerprint density at radius 1 is 1.45 bits per heavy atom. The Morgan fingerprint density at radius 2 is 2.20 bits per heavy atom. The predicted octanol–water partition coefficient (Wildman–Crippen LogP) is 0.487. The molecular weight excluding hydrogens is 254 g/mol. The highest BCUT2D eigenvalue weighted by atomic mass is 16.2. The van der Waals surface area contributed by atoms with Crippen LogP contribution < -0.4 is 11.1 Å². The SMILES string of the molecule is CC(CN1CCCC1=O)NC(=O)C1C2CCC(C2)C1N. The smallest absolute Gasteiger partial charge is 0.225 e. The molecule has 5 unspecified atom stereocenters. The highest BCUT2D eigenvalue weighted by molar-refractivity contribution is 5.81. The maximum atomic E-state index is 12.4. The third-order valence-electron chi connectivity index (χ3n) is 5.34. The molecule has 1 aliphatic heterocycles. The minimum atomic E-state index is -0.00882. The molecule has 0 spiro atoms. The summed E-state index contributed by atoms with van der Waals surface area (Å²) in [7, 11) is 0. The van der Waals surface area contributed by atoms with Crippen LogP contribution in [0.1, 0.15) is 39.0 Å². The van der Waals surface area contributed by atoms with Gasteiger partial charge in [0.25, 0.3) is 0 Å². The van der Waals surface area contributed by atoms with Crippen LogP contribution in [0.5, 0.6) is 0 Å². The summed E-state index contributed by atoms with van der Waals surface area (Å²) in [4.78, 5) is 25.9. The lowest BCUT2D eigenvalue weighted by molar-refractivity contribution is -0.130. The van der Waals surface area contributed by atoms with Crippen LogP contribution in [0.25, 0.3) is 0 Å². The van der Waals surface area contributed by atoms with Gasteiger partial charge < -0.3 is 16.0 Å². The van der Waals surface area contributed by atoms with Crippen molar-refractivity contribution in [2.24, 2.45) is 23.5 Å². The van der Waals surface area contributed by atoms with Gasteiger partial charge in [-0.05, 0) is 44.4 Å². The highest BCUT2D eigenvalue weighted by Crippen LogP contribution is 2.47. The van der Waals surface area contributed by atoms with E-state index in [-0.39, 0.29) is 29.8 Å². The van der Waals surface area contributed by atoms with Crippen molar-refractivity contribution >= 4 is 11.8 Å². The minimum absolute atomic E-state index is 0.00882. The second-order valence-corrected chi connectivity index (χ2v) is 6.79. The van der Waals surface area contributed by atoms with Crippen molar-refractivity contribution in [2.75, 3.05) is 13.1 Å². The second kappa shape index (κ2) is 5.35. The van der Waals surface area contributed by atoms with E-state index in [0.717, 1.165) is 25.8 Å². The van der Waals surface area contributed by atoms with Gasteiger partial charge in [-0.1, -0.05) is 0 Å². The lowest BCUT2D eigenvalue weighted by Gasteiger charge is -2.29. The monoisotopic (exact) mass is 279 g/mol. The van der Waals surface area contributed by atoms with Gasteiger partial charge >= 0.3 is 0 Å². The molecule has 2 saturated carbocycles. The number of nitrogens with one attached hydrogen (secondary N) is 1. The fourth-order valence-electron chi connectivity index (χ4n) is 4.34. The van der Waals surface area contributed by atoms with Crippen LogP contribution in [0.2, 0.25) is 0 Å². The molecule has 20 heavy (non-hydrogen) atoms. The third kappa shape index (κ3) is 2.43. The second-order valence-electron chi connectivity index (χ2n) is 6.79. The van der Waals surface area contributed by atoms with Gasteiger partial charge in [-0.2, -0.15) is 0 Å². The third-order valence-corrected chi connectivity index (χ3v) is 5.34. The maximum absolute atomic E-state index is 12.4. The van der Waals surface area contributed by atoms with Crippen molar-refractivity contribution in [3.8, 4) is 0 Å². The van der Waals surface area contributed by atoms with Crippen LogP contribution >= 0.6 is 0 Å². The summed E-state index contributed by atoms with van der Waals surface area (Å²) in [6.07, 6.45) is 5.05. The molecule has 0 radical (unpaired) electrons. The van der Waals surface area contributed by atoms with Gasteiger partial charge in [0.1, 0.15) is 0 Å². The van der Waals surface area contributed by atoms with E-state index >= 15 is 0 Å². The largest absolute Gasteiger partial charge is 0.352 e. The highest BCUT2D eigenvalue weighted by Gasteiger charge is 2.49. The van der Waals surface area contributed by atoms with Crippen molar-refractivity contribution in [3.05, 3.63) is 0 Å². The number of hydrogen-bond donors (Lipinski definition) is 2. The number of nitrogens with two attached hydrogens (primary N) is 1. The molecule has 0 aromatic carbocycles. The van der Waals surface area contributed by atoms with Crippen LogP contribution in [0.3, 0.4) is 0 Å². The molecule has 2 amide bonds. The molecule has 2 aliphatic carbocycles. The molecule has 1 saturated heterocycles. The number of carbonyl (C=O) groups is 2. The quantitative estimate of drug-likeness (QED) is 0.786. The summed E-state index contributed by atoms with van der Waals surface area (Å²) < 4.78 is 0. The molecular formula is C15H25N3O2. The predicted molar refractivity (Wildman–Crippen MR) is 75.7 cm³/mol. The molecule has 0 aromatic rings. The van der Waals surface area contributed by atoms with Crippen molar-refractivity contribution in [1.29, 1.82) is 0 Å². The molecule has 112 valence electrons. The Balaban J connectivity index is 1.52. The van der Waals surface area contributed by atoms with E-state index in [9.17, 15) is 9.59 Å². The van der Waals surface area contributed by atoms with Gasteiger partial charge in [0, 0.05) is 31.6 Å². The van der Waals surface area contributed by atoms with Gasteiger partial charge in [-0.3, -0.25) is 9.59 Å². The molecule has 3 rings (SSSR count). The first-order valence-corrected chi connectivity index (χ1v) is 7.90. The van der Waals surface area contributed by atoms with Gasteiger partial charge in [0.2, 0.25) is 11.8 Å². The van der Waals surface area contributed by atoms with Crippen LogP contribution in [0.4, 0.5) is 0 Å². The van der Waals surface area contributed by atoms with E-state index in [0.29, 0.717) is 24.8 Å². The van der Waals surface area contributed by atoms with Crippen LogP contribution in [-0.4, -0.2) is 41.9 Å². The van der Waals surface area contributed by atoms with Crippen molar-refractivity contribution < 1.29 is 9.59 Å². The Hall–Kier alpha value is -1.10. The van der Waals surface area contributed by atoms with E-state index in [1.807, 2.05) is 11.8 Å². The van der Waals surface area contributed by atoms with Gasteiger partial charge in [-0.25, -0.2) is 0 Å². The summed E-state index contributed by atoms with van der Waals surface area (Å²) in [6, 6.07) is 0.0465. The maximum Gasteiger partial charge on any atom is 0.225 e. The molecule has 5 nitrogen and oxygen atoms in total. The van der Waals surface area contributed by atoms with Crippen molar-refractivity contribution in [1.82, 2.24) is 10.2 Å². The number of carbonyl (C=O) groups excluding carboxylic acids is 2. The minimum Gasteiger partial charge on any atom is -0.352 e. The Bertz CT molecular complexity index is 410. The molecule has 3 fully saturated rings. The van der Waals surface area contributed by atoms with Gasteiger partial charge in [0.15, 0.2) is 0 Å². The van der Waals surface area contributed by atoms with E-state index in [2.05, 4.69) is 5.32 Å². The summed E-state index contributed by atoms with van der Waals surface area (Å²) >= 11 is 0. The lowest BCUT2D eigenvalue weighted by Crippen LogP contribution is -2.50. The average molecular weight is 279 g/mol. The van der Waals surface area contributed by atoms with Crippen LogP contribution in [-0.2, 0) is 9.59 Å². The zero-order chi connectivity index (χ0) is 14.3. The summed E-state index contributed by atoms with van der Waals surface area (Å²) in [5.41, 5.74) is 6.20. The Kier molecular flexibility index (Phi) is 3.71. The zero-order valence-electron chi connectivity index (χ0n) is 12.2. The molecule has 5 atom stereocenters. The first kappa shape index (κ1) is 13.9. The van der Waals surface area contributed by atoms with Crippen molar-refractivity contribution in [3.63, 3.8) is 0 Å². The molecule has 2 bridgehead atoms.